The monoisotopic (exact) mass is 405 g/mol. The van der Waals surface area contributed by atoms with Crippen molar-refractivity contribution in [1.82, 2.24) is 15.0 Å². The quantitative estimate of drug-likeness (QED) is 0.643. The third kappa shape index (κ3) is 3.66. The minimum Gasteiger partial charge on any atom is -0.337 e. The summed E-state index contributed by atoms with van der Waals surface area (Å²) < 4.78 is 6.15. The number of halogens is 2. The summed E-state index contributed by atoms with van der Waals surface area (Å²) in [6.07, 6.45) is 0. The molecule has 1 heterocycles. The van der Waals surface area contributed by atoms with E-state index in [0.29, 0.717) is 27.9 Å². The van der Waals surface area contributed by atoms with E-state index in [0.717, 1.165) is 4.47 Å². The van der Waals surface area contributed by atoms with Gasteiger partial charge in [-0.25, -0.2) is 0 Å². The van der Waals surface area contributed by atoms with Gasteiger partial charge < -0.3 is 9.42 Å². The van der Waals surface area contributed by atoms with Crippen molar-refractivity contribution in [3.63, 3.8) is 0 Å². The first kappa shape index (κ1) is 16.7. The van der Waals surface area contributed by atoms with Gasteiger partial charge in [0.25, 0.3) is 5.91 Å². The molecule has 122 valence electrons. The minimum absolute atomic E-state index is 0.125. The molecule has 0 atom stereocenters. The normalized spacial score (nSPS) is 10.6. The molecule has 0 aliphatic heterocycles. The molecule has 0 bridgehead atoms. The second kappa shape index (κ2) is 7.15. The summed E-state index contributed by atoms with van der Waals surface area (Å²) in [6, 6.07) is 14.4. The SMILES string of the molecule is CN(Cc1nc(-c2ccccc2Cl)no1)C(=O)c1ccc(Br)cc1. The van der Waals surface area contributed by atoms with E-state index < -0.39 is 0 Å². The van der Waals surface area contributed by atoms with Crippen LogP contribution in [0.2, 0.25) is 5.02 Å². The van der Waals surface area contributed by atoms with Crippen molar-refractivity contribution < 1.29 is 9.32 Å². The topological polar surface area (TPSA) is 59.2 Å². The van der Waals surface area contributed by atoms with Crippen molar-refractivity contribution in [3.8, 4) is 11.4 Å². The highest BCUT2D eigenvalue weighted by atomic mass is 79.9. The lowest BCUT2D eigenvalue weighted by Crippen LogP contribution is -2.26. The maximum absolute atomic E-state index is 12.4. The van der Waals surface area contributed by atoms with Crippen LogP contribution in [-0.2, 0) is 6.54 Å². The predicted molar refractivity (Wildman–Crippen MR) is 94.7 cm³/mol. The van der Waals surface area contributed by atoms with E-state index in [1.807, 2.05) is 30.3 Å². The average molecular weight is 407 g/mol. The highest BCUT2D eigenvalue weighted by Crippen LogP contribution is 2.25. The minimum atomic E-state index is -0.125. The van der Waals surface area contributed by atoms with E-state index in [9.17, 15) is 4.79 Å². The molecule has 3 rings (SSSR count). The maximum Gasteiger partial charge on any atom is 0.254 e. The smallest absolute Gasteiger partial charge is 0.254 e. The van der Waals surface area contributed by atoms with Gasteiger partial charge in [0, 0.05) is 22.6 Å². The molecule has 0 fully saturated rings. The van der Waals surface area contributed by atoms with Crippen molar-refractivity contribution in [2.45, 2.75) is 6.54 Å². The molecule has 0 unspecified atom stereocenters. The summed E-state index contributed by atoms with van der Waals surface area (Å²) in [6.45, 7) is 0.215. The number of nitrogens with zero attached hydrogens (tertiary/aromatic N) is 3. The van der Waals surface area contributed by atoms with E-state index in [1.54, 1.807) is 25.2 Å². The molecule has 1 aromatic heterocycles. The Kier molecular flexibility index (Phi) is 4.97. The Morgan fingerprint density at radius 1 is 1.21 bits per heavy atom. The second-order valence-electron chi connectivity index (χ2n) is 5.16. The Hall–Kier alpha value is -2.18. The molecule has 0 radical (unpaired) electrons. The molecule has 0 N–H and O–H groups in total. The van der Waals surface area contributed by atoms with Crippen LogP contribution in [0.3, 0.4) is 0 Å². The molecule has 2 aromatic carbocycles. The molecule has 0 saturated carbocycles. The Labute approximate surface area is 152 Å². The van der Waals surface area contributed by atoms with E-state index in [2.05, 4.69) is 26.1 Å². The number of carbonyl (C=O) groups is 1. The third-order valence-electron chi connectivity index (χ3n) is 3.39. The summed E-state index contributed by atoms with van der Waals surface area (Å²) in [5, 5.41) is 4.47. The fourth-order valence-electron chi connectivity index (χ4n) is 2.16. The number of hydrogen-bond acceptors (Lipinski definition) is 4. The Morgan fingerprint density at radius 3 is 2.62 bits per heavy atom. The van der Waals surface area contributed by atoms with Crippen LogP contribution >= 0.6 is 27.5 Å². The van der Waals surface area contributed by atoms with Gasteiger partial charge in [-0.3, -0.25) is 4.79 Å². The van der Waals surface area contributed by atoms with Gasteiger partial charge in [-0.2, -0.15) is 4.98 Å². The van der Waals surface area contributed by atoms with Crippen molar-refractivity contribution >= 4 is 33.4 Å². The summed E-state index contributed by atoms with van der Waals surface area (Å²) in [7, 11) is 1.68. The van der Waals surface area contributed by atoms with E-state index in [4.69, 9.17) is 16.1 Å². The zero-order valence-electron chi connectivity index (χ0n) is 12.7. The van der Waals surface area contributed by atoms with Crippen molar-refractivity contribution in [2.75, 3.05) is 7.05 Å². The van der Waals surface area contributed by atoms with Crippen LogP contribution < -0.4 is 0 Å². The van der Waals surface area contributed by atoms with Crippen molar-refractivity contribution in [3.05, 3.63) is 69.5 Å². The number of amides is 1. The highest BCUT2D eigenvalue weighted by Gasteiger charge is 2.17. The van der Waals surface area contributed by atoms with Gasteiger partial charge in [-0.1, -0.05) is 44.8 Å². The van der Waals surface area contributed by atoms with Crippen LogP contribution in [0.25, 0.3) is 11.4 Å². The predicted octanol–water partition coefficient (Wildman–Crippen LogP) is 4.42. The van der Waals surface area contributed by atoms with Gasteiger partial charge >= 0.3 is 0 Å². The molecular weight excluding hydrogens is 394 g/mol. The van der Waals surface area contributed by atoms with Gasteiger partial charge in [-0.15, -0.1) is 0 Å². The highest BCUT2D eigenvalue weighted by molar-refractivity contribution is 9.10. The molecule has 0 aliphatic carbocycles. The molecular formula is C17H13BrClN3O2. The lowest BCUT2D eigenvalue weighted by molar-refractivity contribution is 0.0769. The van der Waals surface area contributed by atoms with Crippen LogP contribution in [0.4, 0.5) is 0 Å². The molecule has 3 aromatic rings. The molecule has 0 saturated heterocycles. The molecule has 1 amide bonds. The molecule has 5 nitrogen and oxygen atoms in total. The Balaban J connectivity index is 1.73. The average Bonchev–Trinajstić information content (AvgIpc) is 3.03. The lowest BCUT2D eigenvalue weighted by atomic mass is 10.2. The molecule has 0 spiro atoms. The van der Waals surface area contributed by atoms with Crippen molar-refractivity contribution in [1.29, 1.82) is 0 Å². The number of aromatic nitrogens is 2. The fourth-order valence-corrected chi connectivity index (χ4v) is 2.64. The van der Waals surface area contributed by atoms with Crippen LogP contribution in [-0.4, -0.2) is 28.0 Å². The van der Waals surface area contributed by atoms with E-state index >= 15 is 0 Å². The summed E-state index contributed by atoms with van der Waals surface area (Å²) in [4.78, 5) is 18.2. The Morgan fingerprint density at radius 2 is 1.92 bits per heavy atom. The van der Waals surface area contributed by atoms with Crippen LogP contribution in [0.5, 0.6) is 0 Å². The zero-order valence-corrected chi connectivity index (χ0v) is 15.1. The van der Waals surface area contributed by atoms with E-state index in [-0.39, 0.29) is 12.5 Å². The first-order valence-electron chi connectivity index (χ1n) is 7.13. The first-order valence-corrected chi connectivity index (χ1v) is 8.30. The van der Waals surface area contributed by atoms with Crippen LogP contribution in [0.1, 0.15) is 16.2 Å². The van der Waals surface area contributed by atoms with Gasteiger partial charge in [0.15, 0.2) is 0 Å². The molecule has 0 aliphatic rings. The number of carbonyl (C=O) groups excluding carboxylic acids is 1. The van der Waals surface area contributed by atoms with E-state index in [1.165, 1.54) is 4.90 Å². The van der Waals surface area contributed by atoms with Crippen LogP contribution in [0.15, 0.2) is 57.5 Å². The number of benzene rings is 2. The van der Waals surface area contributed by atoms with Crippen molar-refractivity contribution in [2.24, 2.45) is 0 Å². The fraction of sp³-hybridized carbons (Fsp3) is 0.118. The van der Waals surface area contributed by atoms with Crippen LogP contribution in [0, 0.1) is 0 Å². The standard InChI is InChI=1S/C17H13BrClN3O2/c1-22(17(23)11-6-8-12(18)9-7-11)10-15-20-16(21-24-15)13-4-2-3-5-14(13)19/h2-9H,10H2,1H3. The van der Waals surface area contributed by atoms with Gasteiger partial charge in [0.2, 0.25) is 11.7 Å². The summed E-state index contributed by atoms with van der Waals surface area (Å²) in [5.74, 6) is 0.623. The lowest BCUT2D eigenvalue weighted by Gasteiger charge is -2.14. The van der Waals surface area contributed by atoms with Gasteiger partial charge in [0.05, 0.1) is 11.6 Å². The maximum atomic E-state index is 12.4. The number of hydrogen-bond donors (Lipinski definition) is 0. The Bertz CT molecular complexity index is 864. The summed E-state index contributed by atoms with van der Waals surface area (Å²) in [5.41, 5.74) is 1.28. The second-order valence-corrected chi connectivity index (χ2v) is 6.48. The molecule has 7 heteroatoms. The summed E-state index contributed by atoms with van der Waals surface area (Å²) >= 11 is 9.47. The zero-order chi connectivity index (χ0) is 17.1. The van der Waals surface area contributed by atoms with Gasteiger partial charge in [0.1, 0.15) is 0 Å². The van der Waals surface area contributed by atoms with Gasteiger partial charge in [-0.05, 0) is 36.4 Å². The first-order chi connectivity index (χ1) is 11.5. The number of rotatable bonds is 4. The molecule has 24 heavy (non-hydrogen) atoms. The third-order valence-corrected chi connectivity index (χ3v) is 4.25. The largest absolute Gasteiger partial charge is 0.337 e.